The van der Waals surface area contributed by atoms with E-state index in [0.717, 1.165) is 6.07 Å². The van der Waals surface area contributed by atoms with Gasteiger partial charge in [-0.2, -0.15) is 0 Å². The number of carbonyl (C=O) groups excluding carboxylic acids is 3. The van der Waals surface area contributed by atoms with Gasteiger partial charge in [0.15, 0.2) is 6.61 Å². The van der Waals surface area contributed by atoms with Gasteiger partial charge in [0.05, 0.1) is 11.3 Å². The average Bonchev–Trinajstić information content (AvgIpc) is 2.64. The maximum absolute atomic E-state index is 11.9. The minimum atomic E-state index is -0.727. The lowest BCUT2D eigenvalue weighted by atomic mass is 10.1. The van der Waals surface area contributed by atoms with E-state index >= 15 is 0 Å². The number of hydrogen-bond acceptors (Lipinski definition) is 6. The third-order valence-electron chi connectivity index (χ3n) is 3.41. The number of rotatable bonds is 8. The topological polar surface area (TPSA) is 116 Å². The Hall–Kier alpha value is -3.26. The predicted octanol–water partition coefficient (Wildman–Crippen LogP) is 3.39. The van der Waals surface area contributed by atoms with Crippen LogP contribution in [0.25, 0.3) is 0 Å². The number of ether oxygens (including phenoxy) is 1. The number of non-ortho nitro benzene ring substituents is 1. The number of amides is 1. The number of hydrogen-bond donors (Lipinski definition) is 1. The van der Waals surface area contributed by atoms with Gasteiger partial charge in [-0.05, 0) is 18.2 Å². The number of esters is 1. The van der Waals surface area contributed by atoms with Gasteiger partial charge in [0.1, 0.15) is 0 Å². The van der Waals surface area contributed by atoms with E-state index in [2.05, 4.69) is 5.32 Å². The third-order valence-corrected chi connectivity index (χ3v) is 3.64. The molecule has 0 saturated carbocycles. The van der Waals surface area contributed by atoms with E-state index in [4.69, 9.17) is 16.3 Å². The van der Waals surface area contributed by atoms with Crippen molar-refractivity contribution in [3.05, 3.63) is 69.2 Å². The number of carbonyl (C=O) groups is 3. The molecular weight excluding hydrogens is 376 g/mol. The monoisotopic (exact) mass is 390 g/mol. The van der Waals surface area contributed by atoms with E-state index in [9.17, 15) is 24.5 Å². The van der Waals surface area contributed by atoms with Gasteiger partial charge in [0.2, 0.25) is 11.7 Å². The molecule has 0 aliphatic heterocycles. The Labute approximate surface area is 159 Å². The van der Waals surface area contributed by atoms with E-state index in [1.165, 1.54) is 18.2 Å². The van der Waals surface area contributed by atoms with E-state index < -0.39 is 29.2 Å². The number of nitro benzene ring substituents is 1. The maximum atomic E-state index is 11.9. The molecule has 0 atom stereocenters. The summed E-state index contributed by atoms with van der Waals surface area (Å²) in [6.45, 7) is -0.560. The van der Waals surface area contributed by atoms with Crippen molar-refractivity contribution in [1.29, 1.82) is 0 Å². The van der Waals surface area contributed by atoms with Crippen LogP contribution in [0, 0.1) is 10.1 Å². The first-order valence-corrected chi connectivity index (χ1v) is 8.21. The lowest BCUT2D eigenvalue weighted by Gasteiger charge is -2.06. The fraction of sp³-hybridized carbons (Fsp3) is 0.167. The number of ketones is 1. The second kappa shape index (κ2) is 9.44. The third kappa shape index (κ3) is 6.52. The van der Waals surface area contributed by atoms with Crippen molar-refractivity contribution in [3.63, 3.8) is 0 Å². The number of benzene rings is 2. The number of nitrogens with zero attached hydrogens (tertiary/aromatic N) is 1. The van der Waals surface area contributed by atoms with Crippen LogP contribution in [0.5, 0.6) is 0 Å². The summed E-state index contributed by atoms with van der Waals surface area (Å²) >= 11 is 5.81. The lowest BCUT2D eigenvalue weighted by Crippen LogP contribution is -2.17. The molecule has 0 fully saturated rings. The van der Waals surface area contributed by atoms with Gasteiger partial charge in [-0.25, -0.2) is 0 Å². The minimum Gasteiger partial charge on any atom is -0.457 e. The molecule has 0 radical (unpaired) electrons. The summed E-state index contributed by atoms with van der Waals surface area (Å²) in [6.07, 6.45) is -0.342. The molecule has 27 heavy (non-hydrogen) atoms. The highest BCUT2D eigenvalue weighted by atomic mass is 35.5. The second-order valence-electron chi connectivity index (χ2n) is 5.45. The van der Waals surface area contributed by atoms with Crippen LogP contribution in [0.4, 0.5) is 11.4 Å². The minimum absolute atomic E-state index is 0.0655. The van der Waals surface area contributed by atoms with E-state index in [1.54, 1.807) is 24.3 Å². The van der Waals surface area contributed by atoms with Crippen molar-refractivity contribution in [2.45, 2.75) is 12.8 Å². The summed E-state index contributed by atoms with van der Waals surface area (Å²) in [5.74, 6) is -1.70. The average molecular weight is 391 g/mol. The highest BCUT2D eigenvalue weighted by Gasteiger charge is 2.14. The molecule has 2 aromatic carbocycles. The van der Waals surface area contributed by atoms with Crippen molar-refractivity contribution in [2.75, 3.05) is 11.9 Å². The number of halogens is 1. The zero-order valence-electron chi connectivity index (χ0n) is 14.0. The Morgan fingerprint density at radius 2 is 1.81 bits per heavy atom. The van der Waals surface area contributed by atoms with E-state index in [-0.39, 0.29) is 24.1 Å². The number of anilines is 1. The Bertz CT molecular complexity index is 884. The molecule has 1 amide bonds. The fourth-order valence-electron chi connectivity index (χ4n) is 2.10. The predicted molar refractivity (Wildman–Crippen MR) is 97.7 cm³/mol. The lowest BCUT2D eigenvalue weighted by molar-refractivity contribution is -0.384. The molecule has 0 spiro atoms. The molecule has 0 aliphatic carbocycles. The quantitative estimate of drug-likeness (QED) is 0.319. The zero-order valence-corrected chi connectivity index (χ0v) is 14.8. The molecule has 0 heterocycles. The molecule has 9 heteroatoms. The molecule has 2 aromatic rings. The van der Waals surface area contributed by atoms with Crippen LogP contribution in [0.15, 0.2) is 48.5 Å². The Balaban J connectivity index is 1.77. The summed E-state index contributed by atoms with van der Waals surface area (Å²) in [7, 11) is 0. The van der Waals surface area contributed by atoms with Crippen molar-refractivity contribution < 1.29 is 24.0 Å². The summed E-state index contributed by atoms with van der Waals surface area (Å²) in [5.41, 5.74) is 0.335. The van der Waals surface area contributed by atoms with Crippen LogP contribution in [-0.4, -0.2) is 29.2 Å². The van der Waals surface area contributed by atoms with Crippen LogP contribution in [-0.2, 0) is 14.3 Å². The van der Waals surface area contributed by atoms with E-state index in [1.807, 2.05) is 0 Å². The molecule has 0 bridgehead atoms. The smallest absolute Gasteiger partial charge is 0.306 e. The first-order chi connectivity index (χ1) is 12.8. The van der Waals surface area contributed by atoms with Gasteiger partial charge in [0, 0.05) is 34.8 Å². The highest BCUT2D eigenvalue weighted by molar-refractivity contribution is 6.30. The first-order valence-electron chi connectivity index (χ1n) is 7.84. The largest absolute Gasteiger partial charge is 0.457 e. The van der Waals surface area contributed by atoms with Gasteiger partial charge in [-0.15, -0.1) is 0 Å². The van der Waals surface area contributed by atoms with Gasteiger partial charge < -0.3 is 10.1 Å². The van der Waals surface area contributed by atoms with Crippen LogP contribution in [0.3, 0.4) is 0 Å². The number of Topliss-reactive ketones (excluding diaryl/α,β-unsaturated/α-hetero) is 1. The molecule has 0 aromatic heterocycles. The summed E-state index contributed by atoms with van der Waals surface area (Å²) in [5, 5.41) is 13.8. The first kappa shape index (κ1) is 20.1. The van der Waals surface area contributed by atoms with E-state index in [0.29, 0.717) is 10.7 Å². The maximum Gasteiger partial charge on any atom is 0.306 e. The Morgan fingerprint density at radius 1 is 1.07 bits per heavy atom. The molecule has 1 N–H and O–H groups in total. The Kier molecular flexibility index (Phi) is 7.01. The van der Waals surface area contributed by atoms with Gasteiger partial charge >= 0.3 is 5.97 Å². The molecule has 0 aliphatic rings. The molecular formula is C18H15ClN2O6. The highest BCUT2D eigenvalue weighted by Crippen LogP contribution is 2.15. The van der Waals surface area contributed by atoms with Crippen LogP contribution < -0.4 is 5.32 Å². The van der Waals surface area contributed by atoms with Crippen molar-refractivity contribution in [2.24, 2.45) is 0 Å². The van der Waals surface area contributed by atoms with Crippen molar-refractivity contribution >= 4 is 40.6 Å². The molecule has 8 nitrogen and oxygen atoms in total. The van der Waals surface area contributed by atoms with Gasteiger partial charge in [-0.3, -0.25) is 24.5 Å². The number of nitro groups is 1. The number of nitrogens with one attached hydrogen (secondary N) is 1. The van der Waals surface area contributed by atoms with Gasteiger partial charge in [0.25, 0.3) is 5.69 Å². The molecule has 0 unspecified atom stereocenters. The molecule has 140 valence electrons. The summed E-state index contributed by atoms with van der Waals surface area (Å²) in [6, 6.07) is 11.7. The van der Waals surface area contributed by atoms with Crippen LogP contribution in [0.1, 0.15) is 23.2 Å². The second-order valence-corrected chi connectivity index (χ2v) is 5.89. The van der Waals surface area contributed by atoms with Crippen molar-refractivity contribution in [1.82, 2.24) is 0 Å². The van der Waals surface area contributed by atoms with Gasteiger partial charge in [-0.1, -0.05) is 29.8 Å². The summed E-state index contributed by atoms with van der Waals surface area (Å²) in [4.78, 5) is 45.5. The fourth-order valence-corrected chi connectivity index (χ4v) is 2.29. The zero-order chi connectivity index (χ0) is 19.8. The SMILES string of the molecule is O=C(CCC(=O)OCC(=O)c1cccc([N+](=O)[O-])c1)Nc1cccc(Cl)c1. The van der Waals surface area contributed by atoms with Crippen LogP contribution >= 0.6 is 11.6 Å². The summed E-state index contributed by atoms with van der Waals surface area (Å²) < 4.78 is 4.82. The molecule has 2 rings (SSSR count). The Morgan fingerprint density at radius 3 is 2.52 bits per heavy atom. The molecule has 0 saturated heterocycles. The standard InChI is InChI=1S/C18H15ClN2O6/c19-13-4-2-5-14(10-13)20-17(23)7-8-18(24)27-11-16(22)12-3-1-6-15(9-12)21(25)26/h1-6,9-10H,7-8,11H2,(H,20,23). The van der Waals surface area contributed by atoms with Crippen molar-refractivity contribution in [3.8, 4) is 0 Å². The normalized spacial score (nSPS) is 10.1. The van der Waals surface area contributed by atoms with Crippen LogP contribution in [0.2, 0.25) is 5.02 Å².